The smallest absolute Gasteiger partial charge is 0.137 e. The molecule has 3 rings (SSSR count). The van der Waals surface area contributed by atoms with Crippen LogP contribution in [0.4, 0.5) is 11.4 Å². The molecule has 1 aromatic heterocycles. The molecule has 2 aromatic carbocycles. The van der Waals surface area contributed by atoms with Crippen LogP contribution >= 0.6 is 0 Å². The molecule has 0 fully saturated rings. The van der Waals surface area contributed by atoms with Gasteiger partial charge in [-0.3, -0.25) is 0 Å². The predicted octanol–water partition coefficient (Wildman–Crippen LogP) is 3.21. The Hall–Kier alpha value is -2.16. The minimum Gasteiger partial charge on any atom is -0.456 e. The van der Waals surface area contributed by atoms with Crippen LogP contribution in [0.1, 0.15) is 0 Å². The maximum atomic E-state index is 5.76. The van der Waals surface area contributed by atoms with Crippen LogP contribution in [-0.2, 0) is 0 Å². The Morgan fingerprint density at radius 1 is 1.00 bits per heavy atom. The molecule has 80 valence electrons. The molecule has 0 aliphatic heterocycles. The number of fused-ring (bicyclic) bond motifs is 3. The van der Waals surface area contributed by atoms with E-state index in [1.807, 2.05) is 37.4 Å². The van der Waals surface area contributed by atoms with Crippen LogP contribution in [0.25, 0.3) is 21.9 Å². The largest absolute Gasteiger partial charge is 0.456 e. The lowest BCUT2D eigenvalue weighted by atomic mass is 10.1. The lowest BCUT2D eigenvalue weighted by Crippen LogP contribution is -1.85. The molecule has 3 N–H and O–H groups in total. The van der Waals surface area contributed by atoms with Gasteiger partial charge in [0.25, 0.3) is 0 Å². The zero-order chi connectivity index (χ0) is 11.1. The molecular formula is C13H12N2O. The Kier molecular flexibility index (Phi) is 1.80. The topological polar surface area (TPSA) is 51.2 Å². The van der Waals surface area contributed by atoms with E-state index in [-0.39, 0.29) is 0 Å². The molecule has 0 saturated heterocycles. The van der Waals surface area contributed by atoms with Crippen LogP contribution in [0.3, 0.4) is 0 Å². The van der Waals surface area contributed by atoms with Crippen LogP contribution in [-0.4, -0.2) is 7.05 Å². The van der Waals surface area contributed by atoms with E-state index in [9.17, 15) is 0 Å². The van der Waals surface area contributed by atoms with Crippen LogP contribution < -0.4 is 11.1 Å². The van der Waals surface area contributed by atoms with Crippen LogP contribution in [0, 0.1) is 0 Å². The molecule has 0 saturated carbocycles. The molecule has 0 aliphatic carbocycles. The minimum absolute atomic E-state index is 0.723. The van der Waals surface area contributed by atoms with Crippen molar-refractivity contribution in [1.82, 2.24) is 0 Å². The second kappa shape index (κ2) is 3.17. The average molecular weight is 212 g/mol. The van der Waals surface area contributed by atoms with Crippen molar-refractivity contribution in [1.29, 1.82) is 0 Å². The summed E-state index contributed by atoms with van der Waals surface area (Å²) in [6, 6.07) is 11.8. The highest BCUT2D eigenvalue weighted by Crippen LogP contribution is 2.31. The molecule has 3 nitrogen and oxygen atoms in total. The second-order valence-electron chi connectivity index (χ2n) is 3.82. The number of nitrogen functional groups attached to an aromatic ring is 1. The molecule has 0 amide bonds. The van der Waals surface area contributed by atoms with Crippen molar-refractivity contribution in [2.75, 3.05) is 18.1 Å². The quantitative estimate of drug-likeness (QED) is 0.609. The monoisotopic (exact) mass is 212 g/mol. The SMILES string of the molecule is CNc1ccc2c(c1)oc1cc(N)ccc12. The highest BCUT2D eigenvalue weighted by atomic mass is 16.3. The van der Waals surface area contributed by atoms with Crippen LogP contribution in [0.15, 0.2) is 40.8 Å². The predicted molar refractivity (Wildman–Crippen MR) is 67.7 cm³/mol. The van der Waals surface area contributed by atoms with Gasteiger partial charge in [-0.25, -0.2) is 0 Å². The first-order valence-corrected chi connectivity index (χ1v) is 5.17. The van der Waals surface area contributed by atoms with Gasteiger partial charge < -0.3 is 15.5 Å². The third-order valence-corrected chi connectivity index (χ3v) is 2.79. The lowest BCUT2D eigenvalue weighted by molar-refractivity contribution is 0.669. The van der Waals surface area contributed by atoms with Gasteiger partial charge in [0.1, 0.15) is 11.2 Å². The molecule has 0 bridgehead atoms. The fraction of sp³-hybridized carbons (Fsp3) is 0.0769. The molecule has 0 aliphatic rings. The fourth-order valence-electron chi connectivity index (χ4n) is 1.95. The van der Waals surface area contributed by atoms with Crippen molar-refractivity contribution in [2.45, 2.75) is 0 Å². The molecule has 3 heteroatoms. The number of hydrogen-bond acceptors (Lipinski definition) is 3. The zero-order valence-electron chi connectivity index (χ0n) is 8.95. The normalized spacial score (nSPS) is 11.1. The van der Waals surface area contributed by atoms with E-state index >= 15 is 0 Å². The minimum atomic E-state index is 0.723. The van der Waals surface area contributed by atoms with E-state index in [0.29, 0.717) is 0 Å². The van der Waals surface area contributed by atoms with Crippen molar-refractivity contribution in [3.63, 3.8) is 0 Å². The fourth-order valence-corrected chi connectivity index (χ4v) is 1.95. The highest BCUT2D eigenvalue weighted by molar-refractivity contribution is 6.06. The number of anilines is 2. The lowest BCUT2D eigenvalue weighted by Gasteiger charge is -1.97. The number of furan rings is 1. The van der Waals surface area contributed by atoms with E-state index < -0.39 is 0 Å². The van der Waals surface area contributed by atoms with Crippen molar-refractivity contribution in [3.8, 4) is 0 Å². The van der Waals surface area contributed by atoms with Gasteiger partial charge in [-0.1, -0.05) is 0 Å². The van der Waals surface area contributed by atoms with Gasteiger partial charge in [-0.2, -0.15) is 0 Å². The number of rotatable bonds is 1. The van der Waals surface area contributed by atoms with E-state index in [0.717, 1.165) is 33.3 Å². The van der Waals surface area contributed by atoms with Gasteiger partial charge in [0.05, 0.1) is 0 Å². The Bertz CT molecular complexity index is 670. The van der Waals surface area contributed by atoms with E-state index in [4.69, 9.17) is 10.2 Å². The molecule has 3 aromatic rings. The summed E-state index contributed by atoms with van der Waals surface area (Å²) in [5.74, 6) is 0. The Labute approximate surface area is 92.8 Å². The third kappa shape index (κ3) is 1.21. The first-order chi connectivity index (χ1) is 7.78. The van der Waals surface area contributed by atoms with Crippen molar-refractivity contribution < 1.29 is 4.42 Å². The second-order valence-corrected chi connectivity index (χ2v) is 3.82. The van der Waals surface area contributed by atoms with Crippen molar-refractivity contribution in [2.24, 2.45) is 0 Å². The molecule has 0 radical (unpaired) electrons. The Morgan fingerprint density at radius 2 is 1.69 bits per heavy atom. The standard InChI is InChI=1S/C13H12N2O/c1-15-9-3-5-11-10-4-2-8(14)6-12(10)16-13(11)7-9/h2-7,15H,14H2,1H3. The summed E-state index contributed by atoms with van der Waals surface area (Å²) in [6.45, 7) is 0. The number of nitrogens with two attached hydrogens (primary N) is 1. The molecule has 0 unspecified atom stereocenters. The summed E-state index contributed by atoms with van der Waals surface area (Å²) in [4.78, 5) is 0. The Morgan fingerprint density at radius 3 is 2.44 bits per heavy atom. The summed E-state index contributed by atoms with van der Waals surface area (Å²) in [5.41, 5.74) is 9.21. The van der Waals surface area contributed by atoms with Gasteiger partial charge >= 0.3 is 0 Å². The zero-order valence-corrected chi connectivity index (χ0v) is 8.95. The van der Waals surface area contributed by atoms with E-state index in [1.54, 1.807) is 0 Å². The molecular weight excluding hydrogens is 200 g/mol. The molecule has 0 spiro atoms. The number of hydrogen-bond donors (Lipinski definition) is 2. The summed E-state index contributed by atoms with van der Waals surface area (Å²) < 4.78 is 5.76. The van der Waals surface area contributed by atoms with Crippen molar-refractivity contribution in [3.05, 3.63) is 36.4 Å². The Balaban J connectivity index is 2.40. The maximum Gasteiger partial charge on any atom is 0.137 e. The number of benzene rings is 2. The maximum absolute atomic E-state index is 5.76. The van der Waals surface area contributed by atoms with E-state index in [2.05, 4.69) is 11.4 Å². The summed E-state index contributed by atoms with van der Waals surface area (Å²) >= 11 is 0. The number of nitrogens with one attached hydrogen (secondary N) is 1. The van der Waals surface area contributed by atoms with Gasteiger partial charge in [-0.15, -0.1) is 0 Å². The van der Waals surface area contributed by atoms with Crippen molar-refractivity contribution >= 4 is 33.3 Å². The van der Waals surface area contributed by atoms with Crippen LogP contribution in [0.2, 0.25) is 0 Å². The van der Waals surface area contributed by atoms with Gasteiger partial charge in [0.2, 0.25) is 0 Å². The van der Waals surface area contributed by atoms with E-state index in [1.165, 1.54) is 0 Å². The average Bonchev–Trinajstić information content (AvgIpc) is 2.64. The third-order valence-electron chi connectivity index (χ3n) is 2.79. The first-order valence-electron chi connectivity index (χ1n) is 5.17. The summed E-state index contributed by atoms with van der Waals surface area (Å²) in [5, 5.41) is 5.31. The molecule has 16 heavy (non-hydrogen) atoms. The van der Waals surface area contributed by atoms with Gasteiger partial charge in [0, 0.05) is 41.3 Å². The summed E-state index contributed by atoms with van der Waals surface area (Å²) in [7, 11) is 1.89. The first kappa shape index (κ1) is 9.09. The summed E-state index contributed by atoms with van der Waals surface area (Å²) in [6.07, 6.45) is 0. The molecule has 0 atom stereocenters. The van der Waals surface area contributed by atoms with Crippen LogP contribution in [0.5, 0.6) is 0 Å². The molecule has 1 heterocycles. The highest BCUT2D eigenvalue weighted by Gasteiger charge is 2.06. The van der Waals surface area contributed by atoms with Gasteiger partial charge in [0.15, 0.2) is 0 Å². The van der Waals surface area contributed by atoms with Gasteiger partial charge in [-0.05, 0) is 24.3 Å².